The smallest absolute Gasteiger partial charge is 0.162 e. The van der Waals surface area contributed by atoms with Gasteiger partial charge in [0.15, 0.2) is 5.78 Å². The van der Waals surface area contributed by atoms with Gasteiger partial charge in [-0.1, -0.05) is 59.0 Å². The Morgan fingerprint density at radius 2 is 1.33 bits per heavy atom. The third-order valence-electron chi connectivity index (χ3n) is 4.17. The lowest BCUT2D eigenvalue weighted by Crippen LogP contribution is -2.18. The Balaban J connectivity index is 2.99. The highest BCUT2D eigenvalue weighted by molar-refractivity contribution is 6.01. The third kappa shape index (κ3) is 3.24. The molecule has 0 aromatic rings. The number of hydrogen-bond donors (Lipinski definition) is 0. The average Bonchev–Trinajstić information content (AvgIpc) is 2.58. The third-order valence-corrected chi connectivity index (χ3v) is 4.17. The molecule has 0 aliphatic heterocycles. The van der Waals surface area contributed by atoms with Gasteiger partial charge in [-0.25, -0.2) is 0 Å². The summed E-state index contributed by atoms with van der Waals surface area (Å²) in [5.74, 6) is 1.39. The molecule has 104 valence electrons. The molecule has 0 aromatic heterocycles. The Hall–Kier alpha value is -0.590. The maximum atomic E-state index is 12.6. The topological polar surface area (TPSA) is 17.1 Å². The minimum Gasteiger partial charge on any atom is -0.294 e. The number of allylic oxidation sites excluding steroid dienone is 2. The van der Waals surface area contributed by atoms with Crippen LogP contribution in [0.1, 0.15) is 79.1 Å². The van der Waals surface area contributed by atoms with Crippen LogP contribution >= 0.6 is 0 Å². The summed E-state index contributed by atoms with van der Waals surface area (Å²) >= 11 is 0. The minimum absolute atomic E-state index is 0.318. The van der Waals surface area contributed by atoms with E-state index in [-0.39, 0.29) is 0 Å². The Labute approximate surface area is 113 Å². The van der Waals surface area contributed by atoms with Gasteiger partial charge in [-0.15, -0.1) is 0 Å². The Kier molecular flexibility index (Phi) is 6.67. The number of carbonyl (C=O) groups is 1. The molecule has 1 heteroatoms. The first-order chi connectivity index (χ1) is 8.71. The molecule has 0 saturated carbocycles. The quantitative estimate of drug-likeness (QED) is 0.571. The van der Waals surface area contributed by atoms with Crippen molar-refractivity contribution in [1.82, 2.24) is 0 Å². The monoisotopic (exact) mass is 250 g/mol. The van der Waals surface area contributed by atoms with Gasteiger partial charge in [-0.05, 0) is 37.2 Å². The van der Waals surface area contributed by atoms with Crippen LogP contribution in [0.4, 0.5) is 0 Å². The lowest BCUT2D eigenvalue weighted by Gasteiger charge is -2.20. The van der Waals surface area contributed by atoms with Gasteiger partial charge in [0, 0.05) is 5.92 Å². The van der Waals surface area contributed by atoms with Crippen molar-refractivity contribution in [3.05, 3.63) is 11.1 Å². The number of hydrogen-bond acceptors (Lipinski definition) is 1. The molecule has 1 aliphatic rings. The predicted octanol–water partition coefficient (Wildman–Crippen LogP) is 5.30. The van der Waals surface area contributed by atoms with E-state index in [1.807, 2.05) is 0 Å². The maximum Gasteiger partial charge on any atom is 0.162 e. The Morgan fingerprint density at radius 3 is 1.83 bits per heavy atom. The van der Waals surface area contributed by atoms with E-state index in [0.717, 1.165) is 32.1 Å². The summed E-state index contributed by atoms with van der Waals surface area (Å²) in [5, 5.41) is 0. The molecule has 0 spiro atoms. The van der Waals surface area contributed by atoms with Gasteiger partial charge in [-0.2, -0.15) is 0 Å². The number of ketones is 1. The van der Waals surface area contributed by atoms with Gasteiger partial charge in [-0.3, -0.25) is 4.79 Å². The van der Waals surface area contributed by atoms with E-state index in [9.17, 15) is 4.79 Å². The van der Waals surface area contributed by atoms with Crippen LogP contribution in [0.3, 0.4) is 0 Å². The SMILES string of the molecule is CCCC1=C(CCC)[C@H](CCC)[C@@H](CCC)C1=O. The number of Topliss-reactive ketones (excluding diaryl/α,β-unsaturated/α-hetero) is 1. The molecule has 0 radical (unpaired) electrons. The first kappa shape index (κ1) is 15.5. The van der Waals surface area contributed by atoms with Crippen LogP contribution < -0.4 is 0 Å². The zero-order valence-electron chi connectivity index (χ0n) is 12.7. The van der Waals surface area contributed by atoms with Crippen molar-refractivity contribution >= 4 is 5.78 Å². The molecule has 1 aliphatic carbocycles. The number of carbonyl (C=O) groups excluding carboxylic acids is 1. The van der Waals surface area contributed by atoms with Gasteiger partial charge >= 0.3 is 0 Å². The van der Waals surface area contributed by atoms with E-state index in [1.54, 1.807) is 0 Å². The summed E-state index contributed by atoms with van der Waals surface area (Å²) in [6.45, 7) is 8.87. The fourth-order valence-corrected chi connectivity index (χ4v) is 3.50. The highest BCUT2D eigenvalue weighted by Gasteiger charge is 2.38. The van der Waals surface area contributed by atoms with E-state index in [0.29, 0.717) is 17.6 Å². The van der Waals surface area contributed by atoms with Crippen LogP contribution in [0.25, 0.3) is 0 Å². The average molecular weight is 250 g/mol. The predicted molar refractivity (Wildman–Crippen MR) is 78.6 cm³/mol. The van der Waals surface area contributed by atoms with Crippen LogP contribution in [0, 0.1) is 11.8 Å². The van der Waals surface area contributed by atoms with Crippen LogP contribution in [-0.4, -0.2) is 5.78 Å². The maximum absolute atomic E-state index is 12.6. The van der Waals surface area contributed by atoms with Crippen molar-refractivity contribution in [2.75, 3.05) is 0 Å². The van der Waals surface area contributed by atoms with Gasteiger partial charge in [0.25, 0.3) is 0 Å². The summed E-state index contributed by atoms with van der Waals surface area (Å²) in [4.78, 5) is 12.6. The second-order valence-electron chi connectivity index (χ2n) is 5.66. The van der Waals surface area contributed by atoms with E-state index in [4.69, 9.17) is 0 Å². The normalized spacial score (nSPS) is 24.1. The summed E-state index contributed by atoms with van der Waals surface area (Å²) in [7, 11) is 0. The minimum atomic E-state index is 0.318. The second-order valence-corrected chi connectivity index (χ2v) is 5.66. The van der Waals surface area contributed by atoms with Crippen molar-refractivity contribution < 1.29 is 4.79 Å². The first-order valence-electron chi connectivity index (χ1n) is 7.97. The zero-order valence-corrected chi connectivity index (χ0v) is 12.7. The Bertz CT molecular complexity index is 301. The molecule has 0 fully saturated rings. The van der Waals surface area contributed by atoms with Gasteiger partial charge < -0.3 is 0 Å². The molecule has 0 unspecified atom stereocenters. The van der Waals surface area contributed by atoms with E-state index < -0.39 is 0 Å². The molecule has 0 amide bonds. The fraction of sp³-hybridized carbons (Fsp3) is 0.824. The number of rotatable bonds is 8. The molecule has 0 saturated heterocycles. The fourth-order valence-electron chi connectivity index (χ4n) is 3.50. The van der Waals surface area contributed by atoms with Crippen LogP contribution in [0.15, 0.2) is 11.1 Å². The summed E-state index contributed by atoms with van der Waals surface area (Å²) in [6.07, 6.45) is 9.06. The summed E-state index contributed by atoms with van der Waals surface area (Å²) in [5.41, 5.74) is 2.75. The van der Waals surface area contributed by atoms with Crippen molar-refractivity contribution in [2.45, 2.75) is 79.1 Å². The first-order valence-corrected chi connectivity index (χ1v) is 7.97. The molecule has 18 heavy (non-hydrogen) atoms. The standard InChI is InChI=1S/C17H30O/c1-5-9-13-14(10-6-2)16(12-8-4)17(18)15(13)11-7-3/h13,15H,5-12H2,1-4H3/t13-,15+/m0/s1. The Morgan fingerprint density at radius 1 is 0.778 bits per heavy atom. The van der Waals surface area contributed by atoms with E-state index in [1.165, 1.54) is 30.4 Å². The van der Waals surface area contributed by atoms with Crippen LogP contribution in [-0.2, 0) is 4.79 Å². The van der Waals surface area contributed by atoms with Gasteiger partial charge in [0.05, 0.1) is 0 Å². The van der Waals surface area contributed by atoms with E-state index >= 15 is 0 Å². The van der Waals surface area contributed by atoms with Crippen molar-refractivity contribution in [2.24, 2.45) is 11.8 Å². The molecular formula is C17H30O. The van der Waals surface area contributed by atoms with Crippen molar-refractivity contribution in [3.63, 3.8) is 0 Å². The van der Waals surface area contributed by atoms with Crippen molar-refractivity contribution in [3.8, 4) is 0 Å². The largest absolute Gasteiger partial charge is 0.294 e. The zero-order chi connectivity index (χ0) is 13.5. The highest BCUT2D eigenvalue weighted by Crippen LogP contribution is 2.43. The van der Waals surface area contributed by atoms with Gasteiger partial charge in [0.2, 0.25) is 0 Å². The molecule has 0 N–H and O–H groups in total. The van der Waals surface area contributed by atoms with Crippen LogP contribution in [0.5, 0.6) is 0 Å². The molecule has 0 aromatic carbocycles. The van der Waals surface area contributed by atoms with E-state index in [2.05, 4.69) is 27.7 Å². The molecule has 1 rings (SSSR count). The molecule has 0 bridgehead atoms. The van der Waals surface area contributed by atoms with Gasteiger partial charge in [0.1, 0.15) is 0 Å². The molecule has 1 nitrogen and oxygen atoms in total. The lowest BCUT2D eigenvalue weighted by molar-refractivity contribution is -0.119. The van der Waals surface area contributed by atoms with Crippen molar-refractivity contribution in [1.29, 1.82) is 0 Å². The summed E-state index contributed by atoms with van der Waals surface area (Å²) in [6, 6.07) is 0. The second kappa shape index (κ2) is 7.76. The van der Waals surface area contributed by atoms with Crippen LogP contribution in [0.2, 0.25) is 0 Å². The summed E-state index contributed by atoms with van der Waals surface area (Å²) < 4.78 is 0. The molecule has 0 heterocycles. The molecule has 2 atom stereocenters. The lowest BCUT2D eigenvalue weighted by atomic mass is 9.83. The highest BCUT2D eigenvalue weighted by atomic mass is 16.1. The molecular weight excluding hydrogens is 220 g/mol.